The zero-order valence-corrected chi connectivity index (χ0v) is 13.4. The lowest BCUT2D eigenvalue weighted by Crippen LogP contribution is -2.38. The third-order valence-electron chi connectivity index (χ3n) is 5.99. The molecule has 1 heterocycles. The fourth-order valence-corrected chi connectivity index (χ4v) is 5.03. The van der Waals surface area contributed by atoms with E-state index in [2.05, 4.69) is 13.5 Å². The topological polar surface area (TPSA) is 72.8 Å². The first-order valence-electron chi connectivity index (χ1n) is 7.99. The van der Waals surface area contributed by atoms with Crippen LogP contribution in [0.15, 0.2) is 12.2 Å². The van der Waals surface area contributed by atoms with Gasteiger partial charge in [-0.25, -0.2) is 4.79 Å². The quantitative estimate of drug-likeness (QED) is 0.591. The normalized spacial score (nSPS) is 47.5. The number of carbonyl (C=O) groups excluding carboxylic acids is 2. The summed E-state index contributed by atoms with van der Waals surface area (Å²) in [6.45, 7) is 9.42. The van der Waals surface area contributed by atoms with Crippen molar-refractivity contribution in [2.24, 2.45) is 23.2 Å². The zero-order valence-electron chi connectivity index (χ0n) is 13.4. The van der Waals surface area contributed by atoms with Gasteiger partial charge in [0.1, 0.15) is 12.2 Å². The maximum atomic E-state index is 11.8. The van der Waals surface area contributed by atoms with Crippen LogP contribution in [0, 0.1) is 23.2 Å². The number of ether oxygens (including phenoxy) is 2. The highest BCUT2D eigenvalue weighted by Gasteiger charge is 2.60. The van der Waals surface area contributed by atoms with Crippen LogP contribution in [0.3, 0.4) is 0 Å². The minimum absolute atomic E-state index is 0.0457. The van der Waals surface area contributed by atoms with E-state index in [0.717, 1.165) is 6.42 Å². The molecule has 0 unspecified atom stereocenters. The summed E-state index contributed by atoms with van der Waals surface area (Å²) >= 11 is 0. The number of aliphatic hydroxyl groups excluding tert-OH is 1. The third-order valence-corrected chi connectivity index (χ3v) is 5.99. The van der Waals surface area contributed by atoms with Crippen LogP contribution in [0.5, 0.6) is 0 Å². The molecule has 2 aliphatic carbocycles. The Morgan fingerprint density at radius 1 is 1.45 bits per heavy atom. The van der Waals surface area contributed by atoms with Crippen molar-refractivity contribution in [2.45, 2.75) is 58.3 Å². The number of aliphatic hydroxyl groups is 1. The molecule has 0 bridgehead atoms. The minimum atomic E-state index is -0.549. The van der Waals surface area contributed by atoms with E-state index in [0.29, 0.717) is 18.4 Å². The van der Waals surface area contributed by atoms with Crippen LogP contribution in [0.1, 0.15) is 40.0 Å². The number of fused-ring (bicyclic) bond motifs is 2. The van der Waals surface area contributed by atoms with Crippen LogP contribution in [-0.4, -0.2) is 35.4 Å². The average Bonchev–Trinajstić information content (AvgIpc) is 2.73. The Labute approximate surface area is 130 Å². The van der Waals surface area contributed by atoms with Gasteiger partial charge in [-0.15, -0.1) is 0 Å². The van der Waals surface area contributed by atoms with Crippen molar-refractivity contribution in [1.82, 2.24) is 0 Å². The average molecular weight is 308 g/mol. The summed E-state index contributed by atoms with van der Waals surface area (Å²) in [7, 11) is 0. The van der Waals surface area contributed by atoms with Crippen LogP contribution in [0.25, 0.3) is 0 Å². The lowest BCUT2D eigenvalue weighted by molar-refractivity contribution is -0.150. The zero-order chi connectivity index (χ0) is 16.2. The van der Waals surface area contributed by atoms with Gasteiger partial charge in [0.25, 0.3) is 0 Å². The number of esters is 2. The molecule has 3 rings (SSSR count). The Morgan fingerprint density at radius 3 is 2.77 bits per heavy atom. The third kappa shape index (κ3) is 2.18. The molecule has 0 aromatic carbocycles. The highest BCUT2D eigenvalue weighted by Crippen LogP contribution is 2.57. The van der Waals surface area contributed by atoms with Crippen molar-refractivity contribution in [1.29, 1.82) is 0 Å². The Morgan fingerprint density at radius 2 is 2.14 bits per heavy atom. The summed E-state index contributed by atoms with van der Waals surface area (Å²) < 4.78 is 10.9. The highest BCUT2D eigenvalue weighted by molar-refractivity contribution is 5.90. The lowest BCUT2D eigenvalue weighted by atomic mass is 9.69. The fraction of sp³-hybridized carbons (Fsp3) is 0.765. The first kappa shape index (κ1) is 15.5. The van der Waals surface area contributed by atoms with Gasteiger partial charge in [-0.2, -0.15) is 0 Å². The van der Waals surface area contributed by atoms with Crippen LogP contribution < -0.4 is 0 Å². The standard InChI is InChI=1S/C17H24O5/c1-8-5-12-11(9(2)16(20)22-12)7-17(4)14(19)6-13(15(8)17)21-10(3)18/h8,11-15,19H,2,5-7H2,1,3-4H3/t8-,11+,12+,13-,14-,15+,17+/m0/s1. The van der Waals surface area contributed by atoms with Crippen molar-refractivity contribution in [3.05, 3.63) is 12.2 Å². The maximum Gasteiger partial charge on any atom is 0.334 e. The van der Waals surface area contributed by atoms with Gasteiger partial charge in [0, 0.05) is 36.2 Å². The minimum Gasteiger partial charge on any atom is -0.462 e. The number of hydrogen-bond donors (Lipinski definition) is 1. The van der Waals surface area contributed by atoms with E-state index in [1.54, 1.807) is 0 Å². The molecule has 2 saturated carbocycles. The highest BCUT2D eigenvalue weighted by atomic mass is 16.6. The van der Waals surface area contributed by atoms with Crippen LogP contribution >= 0.6 is 0 Å². The Bertz CT molecular complexity index is 527. The first-order chi connectivity index (χ1) is 10.2. The second kappa shape index (κ2) is 5.08. The summed E-state index contributed by atoms with van der Waals surface area (Å²) in [6.07, 6.45) is 0.851. The van der Waals surface area contributed by atoms with Gasteiger partial charge in [0.15, 0.2) is 0 Å². The molecule has 122 valence electrons. The monoisotopic (exact) mass is 308 g/mol. The molecule has 0 amide bonds. The Kier molecular flexibility index (Phi) is 3.59. The van der Waals surface area contributed by atoms with Crippen molar-refractivity contribution in [3.63, 3.8) is 0 Å². The van der Waals surface area contributed by atoms with Gasteiger partial charge in [-0.05, 0) is 18.8 Å². The fourth-order valence-electron chi connectivity index (χ4n) is 5.03. The molecule has 0 aromatic rings. The predicted octanol–water partition coefficient (Wildman–Crippen LogP) is 1.83. The first-order valence-corrected chi connectivity index (χ1v) is 7.99. The summed E-state index contributed by atoms with van der Waals surface area (Å²) in [5.74, 6) is -0.401. The van der Waals surface area contributed by atoms with Gasteiger partial charge in [0.05, 0.1) is 6.10 Å². The molecule has 3 fully saturated rings. The van der Waals surface area contributed by atoms with E-state index in [9.17, 15) is 14.7 Å². The van der Waals surface area contributed by atoms with Gasteiger partial charge in [0.2, 0.25) is 0 Å². The van der Waals surface area contributed by atoms with Crippen LogP contribution in [0.2, 0.25) is 0 Å². The number of rotatable bonds is 1. The summed E-state index contributed by atoms with van der Waals surface area (Å²) in [5, 5.41) is 10.6. The second-order valence-corrected chi connectivity index (χ2v) is 7.42. The largest absolute Gasteiger partial charge is 0.462 e. The molecular weight excluding hydrogens is 284 g/mol. The van der Waals surface area contributed by atoms with Crippen molar-refractivity contribution >= 4 is 11.9 Å². The van der Waals surface area contributed by atoms with Gasteiger partial charge >= 0.3 is 11.9 Å². The molecule has 1 N–H and O–H groups in total. The lowest BCUT2D eigenvalue weighted by Gasteiger charge is -2.38. The van der Waals surface area contributed by atoms with E-state index in [4.69, 9.17) is 9.47 Å². The summed E-state index contributed by atoms with van der Waals surface area (Å²) in [6, 6.07) is 0. The molecule has 0 spiro atoms. The predicted molar refractivity (Wildman–Crippen MR) is 78.7 cm³/mol. The second-order valence-electron chi connectivity index (χ2n) is 7.42. The Hall–Kier alpha value is -1.36. The van der Waals surface area contributed by atoms with Crippen LogP contribution in [-0.2, 0) is 19.1 Å². The molecule has 3 aliphatic rings. The van der Waals surface area contributed by atoms with Crippen molar-refractivity contribution < 1.29 is 24.2 Å². The molecule has 0 aromatic heterocycles. The molecule has 5 nitrogen and oxygen atoms in total. The Balaban J connectivity index is 1.94. The van der Waals surface area contributed by atoms with E-state index >= 15 is 0 Å². The van der Waals surface area contributed by atoms with Gasteiger partial charge in [-0.1, -0.05) is 20.4 Å². The van der Waals surface area contributed by atoms with Crippen molar-refractivity contribution in [2.75, 3.05) is 0 Å². The SMILES string of the molecule is C=C1C(=O)O[C@@H]2C[C@H](C)[C@@H]3[C@@H](OC(C)=O)C[C@H](O)[C@@]3(C)C[C@H]12. The smallest absolute Gasteiger partial charge is 0.334 e. The summed E-state index contributed by atoms with van der Waals surface area (Å²) in [5.41, 5.74) is 0.123. The number of hydrogen-bond acceptors (Lipinski definition) is 5. The molecule has 7 atom stereocenters. The number of carbonyl (C=O) groups is 2. The van der Waals surface area contributed by atoms with Gasteiger partial charge < -0.3 is 14.6 Å². The van der Waals surface area contributed by atoms with Crippen molar-refractivity contribution in [3.8, 4) is 0 Å². The molecule has 5 heteroatoms. The molecular formula is C17H24O5. The molecule has 22 heavy (non-hydrogen) atoms. The van der Waals surface area contributed by atoms with E-state index in [-0.39, 0.29) is 41.9 Å². The van der Waals surface area contributed by atoms with Gasteiger partial charge in [-0.3, -0.25) is 4.79 Å². The van der Waals surface area contributed by atoms with Crippen LogP contribution in [0.4, 0.5) is 0 Å². The molecule has 0 radical (unpaired) electrons. The summed E-state index contributed by atoms with van der Waals surface area (Å²) in [4.78, 5) is 23.2. The maximum absolute atomic E-state index is 11.8. The van der Waals surface area contributed by atoms with E-state index in [1.807, 2.05) is 6.92 Å². The molecule has 1 aliphatic heterocycles. The van der Waals surface area contributed by atoms with E-state index < -0.39 is 11.5 Å². The van der Waals surface area contributed by atoms with E-state index in [1.165, 1.54) is 6.92 Å². The molecule has 1 saturated heterocycles.